The van der Waals surface area contributed by atoms with E-state index in [0.29, 0.717) is 13.0 Å². The van der Waals surface area contributed by atoms with E-state index >= 15 is 0 Å². The highest BCUT2D eigenvalue weighted by molar-refractivity contribution is 5.77. The SMILES string of the molecule is CC(O)CC(CNC(=O)C(C)C)c1ccccc1. The van der Waals surface area contributed by atoms with Crippen LogP contribution in [0, 0.1) is 5.92 Å². The number of aliphatic hydroxyl groups excluding tert-OH is 1. The van der Waals surface area contributed by atoms with E-state index < -0.39 is 0 Å². The Morgan fingerprint density at radius 3 is 2.33 bits per heavy atom. The van der Waals surface area contributed by atoms with Crippen LogP contribution in [0.5, 0.6) is 0 Å². The zero-order valence-corrected chi connectivity index (χ0v) is 11.4. The molecule has 0 aliphatic carbocycles. The van der Waals surface area contributed by atoms with E-state index in [9.17, 15) is 9.90 Å². The van der Waals surface area contributed by atoms with Crippen molar-refractivity contribution in [2.45, 2.75) is 39.2 Å². The highest BCUT2D eigenvalue weighted by atomic mass is 16.3. The molecule has 0 fully saturated rings. The van der Waals surface area contributed by atoms with Crippen LogP contribution in [0.2, 0.25) is 0 Å². The van der Waals surface area contributed by atoms with Crippen LogP contribution >= 0.6 is 0 Å². The Hall–Kier alpha value is -1.35. The molecule has 0 aliphatic rings. The van der Waals surface area contributed by atoms with Gasteiger partial charge in [0.2, 0.25) is 5.91 Å². The van der Waals surface area contributed by atoms with Crippen LogP contribution in [0.25, 0.3) is 0 Å². The smallest absolute Gasteiger partial charge is 0.222 e. The average Bonchev–Trinajstić information content (AvgIpc) is 2.34. The normalized spacial score (nSPS) is 14.3. The van der Waals surface area contributed by atoms with Crippen LogP contribution in [0.15, 0.2) is 30.3 Å². The fraction of sp³-hybridized carbons (Fsp3) is 0.533. The monoisotopic (exact) mass is 249 g/mol. The Morgan fingerprint density at radius 1 is 1.22 bits per heavy atom. The quantitative estimate of drug-likeness (QED) is 0.813. The summed E-state index contributed by atoms with van der Waals surface area (Å²) >= 11 is 0. The summed E-state index contributed by atoms with van der Waals surface area (Å²) in [7, 11) is 0. The Bertz CT molecular complexity index is 360. The van der Waals surface area contributed by atoms with Crippen molar-refractivity contribution < 1.29 is 9.90 Å². The molecule has 2 N–H and O–H groups in total. The van der Waals surface area contributed by atoms with Crippen molar-refractivity contribution in [2.75, 3.05) is 6.54 Å². The molecule has 1 aromatic rings. The third-order valence-corrected chi connectivity index (χ3v) is 2.94. The average molecular weight is 249 g/mol. The lowest BCUT2D eigenvalue weighted by molar-refractivity contribution is -0.124. The summed E-state index contributed by atoms with van der Waals surface area (Å²) in [5.41, 5.74) is 1.16. The second kappa shape index (κ2) is 7.17. The zero-order valence-electron chi connectivity index (χ0n) is 11.4. The van der Waals surface area contributed by atoms with E-state index in [-0.39, 0.29) is 23.8 Å². The van der Waals surface area contributed by atoms with Crippen LogP contribution in [0.3, 0.4) is 0 Å². The molecular formula is C15H23NO2. The molecule has 100 valence electrons. The predicted octanol–water partition coefficient (Wildman–Crippen LogP) is 2.31. The molecule has 1 amide bonds. The first kappa shape index (κ1) is 14.7. The van der Waals surface area contributed by atoms with Gasteiger partial charge >= 0.3 is 0 Å². The van der Waals surface area contributed by atoms with Crippen LogP contribution in [-0.4, -0.2) is 23.7 Å². The summed E-state index contributed by atoms with van der Waals surface area (Å²) in [6, 6.07) is 10.0. The van der Waals surface area contributed by atoms with Crippen molar-refractivity contribution in [3.63, 3.8) is 0 Å². The van der Waals surface area contributed by atoms with Crippen molar-refractivity contribution >= 4 is 5.91 Å². The molecule has 0 aliphatic heterocycles. The molecule has 18 heavy (non-hydrogen) atoms. The van der Waals surface area contributed by atoms with E-state index in [0.717, 1.165) is 5.56 Å². The van der Waals surface area contributed by atoms with Crippen LogP contribution in [0.1, 0.15) is 38.7 Å². The lowest BCUT2D eigenvalue weighted by Gasteiger charge is -2.20. The summed E-state index contributed by atoms with van der Waals surface area (Å²) in [6.45, 7) is 6.11. The summed E-state index contributed by atoms with van der Waals surface area (Å²) in [5, 5.41) is 12.5. The van der Waals surface area contributed by atoms with Crippen molar-refractivity contribution in [3.05, 3.63) is 35.9 Å². The molecule has 2 unspecified atom stereocenters. The number of nitrogens with one attached hydrogen (secondary N) is 1. The highest BCUT2D eigenvalue weighted by Crippen LogP contribution is 2.20. The van der Waals surface area contributed by atoms with E-state index in [1.165, 1.54) is 0 Å². The maximum absolute atomic E-state index is 11.6. The molecule has 0 bridgehead atoms. The van der Waals surface area contributed by atoms with E-state index in [1.807, 2.05) is 44.2 Å². The number of hydrogen-bond donors (Lipinski definition) is 2. The van der Waals surface area contributed by atoms with Crippen molar-refractivity contribution in [1.29, 1.82) is 0 Å². The highest BCUT2D eigenvalue weighted by Gasteiger charge is 2.16. The van der Waals surface area contributed by atoms with Gasteiger partial charge in [-0.1, -0.05) is 44.2 Å². The zero-order chi connectivity index (χ0) is 13.5. The van der Waals surface area contributed by atoms with Gasteiger partial charge in [0, 0.05) is 18.4 Å². The number of amides is 1. The molecule has 3 heteroatoms. The minimum atomic E-state index is -0.369. The van der Waals surface area contributed by atoms with E-state index in [1.54, 1.807) is 6.92 Å². The molecule has 0 aromatic heterocycles. The standard InChI is InChI=1S/C15H23NO2/c1-11(2)15(18)16-10-14(9-12(3)17)13-7-5-4-6-8-13/h4-8,11-12,14,17H,9-10H2,1-3H3,(H,16,18). The molecule has 2 atom stereocenters. The summed E-state index contributed by atoms with van der Waals surface area (Å²) in [5.74, 6) is 0.211. The van der Waals surface area contributed by atoms with Crippen molar-refractivity contribution in [3.8, 4) is 0 Å². The first-order valence-corrected chi connectivity index (χ1v) is 6.51. The van der Waals surface area contributed by atoms with Gasteiger partial charge in [0.25, 0.3) is 0 Å². The van der Waals surface area contributed by atoms with Crippen molar-refractivity contribution in [1.82, 2.24) is 5.32 Å². The van der Waals surface area contributed by atoms with Gasteiger partial charge in [-0.05, 0) is 18.9 Å². The number of rotatable bonds is 6. The molecule has 0 saturated carbocycles. The second-order valence-electron chi connectivity index (χ2n) is 5.09. The van der Waals surface area contributed by atoms with Gasteiger partial charge in [-0.15, -0.1) is 0 Å². The number of benzene rings is 1. The van der Waals surface area contributed by atoms with Gasteiger partial charge in [0.05, 0.1) is 6.10 Å². The minimum Gasteiger partial charge on any atom is -0.393 e. The van der Waals surface area contributed by atoms with Crippen LogP contribution in [-0.2, 0) is 4.79 Å². The largest absolute Gasteiger partial charge is 0.393 e. The van der Waals surface area contributed by atoms with Gasteiger partial charge in [-0.2, -0.15) is 0 Å². The first-order chi connectivity index (χ1) is 8.50. The summed E-state index contributed by atoms with van der Waals surface area (Å²) in [4.78, 5) is 11.6. The van der Waals surface area contributed by atoms with Crippen LogP contribution < -0.4 is 5.32 Å². The van der Waals surface area contributed by atoms with Gasteiger partial charge < -0.3 is 10.4 Å². The second-order valence-corrected chi connectivity index (χ2v) is 5.09. The molecule has 1 aromatic carbocycles. The number of carbonyl (C=O) groups is 1. The maximum Gasteiger partial charge on any atom is 0.222 e. The molecule has 0 spiro atoms. The number of hydrogen-bond acceptors (Lipinski definition) is 2. The van der Waals surface area contributed by atoms with Gasteiger partial charge in [-0.3, -0.25) is 4.79 Å². The van der Waals surface area contributed by atoms with Crippen molar-refractivity contribution in [2.24, 2.45) is 5.92 Å². The van der Waals surface area contributed by atoms with Gasteiger partial charge in [0.15, 0.2) is 0 Å². The van der Waals surface area contributed by atoms with E-state index in [2.05, 4.69) is 5.32 Å². The Labute approximate surface area is 109 Å². The molecule has 0 saturated heterocycles. The minimum absolute atomic E-state index is 0.00651. The predicted molar refractivity (Wildman–Crippen MR) is 73.3 cm³/mol. The number of aliphatic hydroxyl groups is 1. The third-order valence-electron chi connectivity index (χ3n) is 2.94. The van der Waals surface area contributed by atoms with E-state index in [4.69, 9.17) is 0 Å². The van der Waals surface area contributed by atoms with Gasteiger partial charge in [-0.25, -0.2) is 0 Å². The fourth-order valence-electron chi connectivity index (χ4n) is 1.90. The number of carbonyl (C=O) groups excluding carboxylic acids is 1. The third kappa shape index (κ3) is 4.88. The Morgan fingerprint density at radius 2 is 1.83 bits per heavy atom. The molecule has 0 heterocycles. The first-order valence-electron chi connectivity index (χ1n) is 6.51. The lowest BCUT2D eigenvalue weighted by atomic mass is 9.93. The maximum atomic E-state index is 11.6. The lowest BCUT2D eigenvalue weighted by Crippen LogP contribution is -2.32. The fourth-order valence-corrected chi connectivity index (χ4v) is 1.90. The van der Waals surface area contributed by atoms with Gasteiger partial charge in [0.1, 0.15) is 0 Å². The molecule has 3 nitrogen and oxygen atoms in total. The molecule has 1 rings (SSSR count). The molecule has 0 radical (unpaired) electrons. The topological polar surface area (TPSA) is 49.3 Å². The van der Waals surface area contributed by atoms with Crippen LogP contribution in [0.4, 0.5) is 0 Å². The Kier molecular flexibility index (Phi) is 5.86. The molecular weight excluding hydrogens is 226 g/mol. The summed E-state index contributed by atoms with van der Waals surface area (Å²) in [6.07, 6.45) is 0.286. The Balaban J connectivity index is 2.65. The summed E-state index contributed by atoms with van der Waals surface area (Å²) < 4.78 is 0.